The number of nitrogens with zero attached hydrogens (tertiary/aromatic N) is 2. The Labute approximate surface area is 171 Å². The first-order chi connectivity index (χ1) is 12.7. The van der Waals surface area contributed by atoms with Crippen LogP contribution in [-0.2, 0) is 0 Å². The second kappa shape index (κ2) is 9.04. The maximum absolute atomic E-state index is 12.9. The summed E-state index contributed by atoms with van der Waals surface area (Å²) in [4.78, 5) is 21.0. The quantitative estimate of drug-likeness (QED) is 0.799. The molecule has 7 heteroatoms. The number of anilines is 2. The van der Waals surface area contributed by atoms with Crippen LogP contribution >= 0.6 is 23.7 Å². The van der Waals surface area contributed by atoms with Gasteiger partial charge in [-0.25, -0.2) is 4.98 Å². The molecule has 2 aliphatic rings. The van der Waals surface area contributed by atoms with Crippen molar-refractivity contribution in [3.63, 3.8) is 0 Å². The van der Waals surface area contributed by atoms with Gasteiger partial charge in [0.25, 0.3) is 5.91 Å². The first-order valence-electron chi connectivity index (χ1n) is 9.54. The number of halogens is 1. The Morgan fingerprint density at radius 3 is 2.74 bits per heavy atom. The van der Waals surface area contributed by atoms with Crippen molar-refractivity contribution in [1.82, 2.24) is 10.3 Å². The molecule has 146 valence electrons. The molecular weight excluding hydrogens is 380 g/mol. The zero-order valence-corrected chi connectivity index (χ0v) is 17.3. The van der Waals surface area contributed by atoms with Gasteiger partial charge in [-0.1, -0.05) is 11.6 Å². The molecular formula is C20H27ClN4OS. The van der Waals surface area contributed by atoms with E-state index in [4.69, 9.17) is 0 Å². The van der Waals surface area contributed by atoms with E-state index < -0.39 is 0 Å². The topological polar surface area (TPSA) is 57.3 Å². The van der Waals surface area contributed by atoms with Gasteiger partial charge in [-0.05, 0) is 63.7 Å². The molecule has 2 aromatic rings. The summed E-state index contributed by atoms with van der Waals surface area (Å²) in [7, 11) is 0. The molecule has 2 aliphatic heterocycles. The van der Waals surface area contributed by atoms with Crippen LogP contribution in [0.15, 0.2) is 24.4 Å². The highest BCUT2D eigenvalue weighted by atomic mass is 35.5. The third-order valence-electron chi connectivity index (χ3n) is 5.33. The molecule has 5 nitrogen and oxygen atoms in total. The van der Waals surface area contributed by atoms with Gasteiger partial charge in [-0.3, -0.25) is 10.1 Å². The number of amides is 1. The Morgan fingerprint density at radius 1 is 1.26 bits per heavy atom. The van der Waals surface area contributed by atoms with Crippen molar-refractivity contribution in [2.75, 3.05) is 36.4 Å². The van der Waals surface area contributed by atoms with Gasteiger partial charge in [0.1, 0.15) is 0 Å². The van der Waals surface area contributed by atoms with Crippen LogP contribution in [0.25, 0.3) is 0 Å². The van der Waals surface area contributed by atoms with Crippen LogP contribution in [0.3, 0.4) is 0 Å². The number of aryl methyl sites for hydroxylation is 1. The maximum atomic E-state index is 12.9. The third-order valence-corrected chi connectivity index (χ3v) is 6.40. The van der Waals surface area contributed by atoms with Crippen LogP contribution < -0.4 is 15.5 Å². The molecule has 0 spiro atoms. The number of rotatable bonds is 4. The summed E-state index contributed by atoms with van der Waals surface area (Å²) in [6.07, 6.45) is 6.62. The first-order valence-corrected chi connectivity index (χ1v) is 10.4. The van der Waals surface area contributed by atoms with Crippen molar-refractivity contribution in [2.45, 2.75) is 38.5 Å². The molecule has 0 bridgehead atoms. The van der Waals surface area contributed by atoms with E-state index in [2.05, 4.69) is 32.7 Å². The normalized spacial score (nSPS) is 17.6. The summed E-state index contributed by atoms with van der Waals surface area (Å²) in [5.41, 5.74) is 2.90. The number of thiazole rings is 1. The van der Waals surface area contributed by atoms with Gasteiger partial charge < -0.3 is 10.2 Å². The molecule has 0 atom stereocenters. The number of carbonyl (C=O) groups is 1. The van der Waals surface area contributed by atoms with Crippen molar-refractivity contribution < 1.29 is 4.79 Å². The average Bonchev–Trinajstić information content (AvgIpc) is 3.34. The summed E-state index contributed by atoms with van der Waals surface area (Å²) in [5, 5.41) is 7.13. The molecule has 1 amide bonds. The molecule has 4 rings (SSSR count). The number of piperidine rings is 1. The van der Waals surface area contributed by atoms with Gasteiger partial charge in [0.05, 0.1) is 5.56 Å². The van der Waals surface area contributed by atoms with Gasteiger partial charge in [0.15, 0.2) is 5.13 Å². The minimum Gasteiger partial charge on any atom is -0.371 e. The SMILES string of the molecule is Cc1ccc(N2CCCC2)c(C(=O)Nc2ncc(C3CCNCC3)s2)c1.Cl. The van der Waals surface area contributed by atoms with Crippen LogP contribution in [0.1, 0.15) is 52.4 Å². The fraction of sp³-hybridized carbons (Fsp3) is 0.500. The molecule has 1 aromatic heterocycles. The van der Waals surface area contributed by atoms with E-state index in [9.17, 15) is 4.79 Å². The number of aromatic nitrogens is 1. The predicted octanol–water partition coefficient (Wildman–Crippen LogP) is 4.19. The van der Waals surface area contributed by atoms with Crippen molar-refractivity contribution in [3.8, 4) is 0 Å². The molecule has 1 aromatic carbocycles. The second-order valence-electron chi connectivity index (χ2n) is 7.26. The summed E-state index contributed by atoms with van der Waals surface area (Å²) < 4.78 is 0. The van der Waals surface area contributed by atoms with Crippen LogP contribution in [-0.4, -0.2) is 37.1 Å². The Balaban J connectivity index is 0.00000210. The molecule has 0 aliphatic carbocycles. The van der Waals surface area contributed by atoms with E-state index in [1.807, 2.05) is 19.2 Å². The molecule has 27 heavy (non-hydrogen) atoms. The minimum absolute atomic E-state index is 0. The minimum atomic E-state index is -0.0539. The van der Waals surface area contributed by atoms with E-state index in [0.29, 0.717) is 11.0 Å². The Kier molecular flexibility index (Phi) is 6.73. The summed E-state index contributed by atoms with van der Waals surface area (Å²) >= 11 is 1.62. The van der Waals surface area contributed by atoms with Gasteiger partial charge in [-0.2, -0.15) is 0 Å². The second-order valence-corrected chi connectivity index (χ2v) is 8.32. The third kappa shape index (κ3) is 4.62. The van der Waals surface area contributed by atoms with E-state index in [0.717, 1.165) is 55.8 Å². The Bertz CT molecular complexity index is 782. The summed E-state index contributed by atoms with van der Waals surface area (Å²) in [6.45, 7) is 6.21. The zero-order valence-electron chi connectivity index (χ0n) is 15.7. The predicted molar refractivity (Wildman–Crippen MR) is 115 cm³/mol. The Morgan fingerprint density at radius 2 is 2.00 bits per heavy atom. The van der Waals surface area contributed by atoms with Gasteiger partial charge in [0.2, 0.25) is 0 Å². The number of hydrogen-bond donors (Lipinski definition) is 2. The summed E-state index contributed by atoms with van der Waals surface area (Å²) in [6, 6.07) is 6.16. The molecule has 2 saturated heterocycles. The number of nitrogens with one attached hydrogen (secondary N) is 2. The van der Waals surface area contributed by atoms with E-state index in [-0.39, 0.29) is 18.3 Å². The molecule has 2 fully saturated rings. The van der Waals surface area contributed by atoms with Crippen LogP contribution in [0, 0.1) is 6.92 Å². The lowest BCUT2D eigenvalue weighted by Gasteiger charge is -2.21. The Hall–Kier alpha value is -1.63. The largest absolute Gasteiger partial charge is 0.371 e. The maximum Gasteiger partial charge on any atom is 0.259 e. The molecule has 0 radical (unpaired) electrons. The molecule has 2 N–H and O–H groups in total. The zero-order chi connectivity index (χ0) is 17.9. The lowest BCUT2D eigenvalue weighted by molar-refractivity contribution is 0.102. The standard InChI is InChI=1S/C20H26N4OS.ClH/c1-14-4-5-17(24-10-2-3-11-24)16(12-14)19(25)23-20-22-13-18(26-20)15-6-8-21-9-7-15;/h4-5,12-13,15,21H,2-3,6-11H2,1H3,(H,22,23,25);1H. The van der Waals surface area contributed by atoms with Crippen LogP contribution in [0.4, 0.5) is 10.8 Å². The smallest absolute Gasteiger partial charge is 0.259 e. The number of carbonyl (C=O) groups excluding carboxylic acids is 1. The lowest BCUT2D eigenvalue weighted by Crippen LogP contribution is -2.26. The van der Waals surface area contributed by atoms with Crippen molar-refractivity contribution in [3.05, 3.63) is 40.4 Å². The molecule has 0 unspecified atom stereocenters. The highest BCUT2D eigenvalue weighted by molar-refractivity contribution is 7.15. The van der Waals surface area contributed by atoms with Crippen LogP contribution in [0.2, 0.25) is 0 Å². The highest BCUT2D eigenvalue weighted by Gasteiger charge is 2.22. The first kappa shape index (κ1) is 20.1. The number of hydrogen-bond acceptors (Lipinski definition) is 5. The van der Waals surface area contributed by atoms with E-state index in [1.165, 1.54) is 17.7 Å². The van der Waals surface area contributed by atoms with Crippen molar-refractivity contribution in [1.29, 1.82) is 0 Å². The summed E-state index contributed by atoms with van der Waals surface area (Å²) in [5.74, 6) is 0.514. The monoisotopic (exact) mass is 406 g/mol. The van der Waals surface area contributed by atoms with Crippen LogP contribution in [0.5, 0.6) is 0 Å². The van der Waals surface area contributed by atoms with Gasteiger partial charge >= 0.3 is 0 Å². The highest BCUT2D eigenvalue weighted by Crippen LogP contribution is 2.32. The van der Waals surface area contributed by atoms with E-state index >= 15 is 0 Å². The number of benzene rings is 1. The van der Waals surface area contributed by atoms with Crippen molar-refractivity contribution >= 4 is 40.5 Å². The fourth-order valence-electron chi connectivity index (χ4n) is 3.87. The van der Waals surface area contributed by atoms with Gasteiger partial charge in [0, 0.05) is 29.9 Å². The molecule has 3 heterocycles. The van der Waals surface area contributed by atoms with Gasteiger partial charge in [-0.15, -0.1) is 23.7 Å². The van der Waals surface area contributed by atoms with Crippen molar-refractivity contribution in [2.24, 2.45) is 0 Å². The fourth-order valence-corrected chi connectivity index (χ4v) is 4.85. The molecule has 0 saturated carbocycles. The van der Waals surface area contributed by atoms with E-state index in [1.54, 1.807) is 11.3 Å². The average molecular weight is 407 g/mol. The lowest BCUT2D eigenvalue weighted by atomic mass is 9.97.